The molecule has 2 rings (SSSR count). The van der Waals surface area contributed by atoms with Gasteiger partial charge in [0.05, 0.1) is 11.4 Å². The van der Waals surface area contributed by atoms with E-state index < -0.39 is 17.5 Å². The number of hydrogen-bond acceptors (Lipinski definition) is 4. The molecule has 0 atom stereocenters. The lowest BCUT2D eigenvalue weighted by Gasteiger charge is -2.06. The summed E-state index contributed by atoms with van der Waals surface area (Å²) in [6.07, 6.45) is 2.67. The van der Waals surface area contributed by atoms with Crippen LogP contribution in [0.2, 0.25) is 0 Å². The van der Waals surface area contributed by atoms with Crippen molar-refractivity contribution >= 4 is 11.6 Å². The van der Waals surface area contributed by atoms with Crippen LogP contribution in [0.3, 0.4) is 0 Å². The molecule has 0 radical (unpaired) electrons. The third kappa shape index (κ3) is 4.32. The molecule has 0 fully saturated rings. The highest BCUT2D eigenvalue weighted by atomic mass is 19.1. The lowest BCUT2D eigenvalue weighted by atomic mass is 10.2. The van der Waals surface area contributed by atoms with E-state index in [1.807, 2.05) is 0 Å². The van der Waals surface area contributed by atoms with E-state index >= 15 is 0 Å². The minimum atomic E-state index is -0.716. The monoisotopic (exact) mass is 296 g/mol. The standard InChI is InChI=1S/C13H14F2N4O2/c14-9-3-4-11(15)12(6-9)16-13(21)8-19-7-10(17-18-19)2-1-5-20/h3-4,6-7,20H,1-2,5,8H2,(H,16,21). The van der Waals surface area contributed by atoms with Crippen LogP contribution in [-0.2, 0) is 17.8 Å². The molecular formula is C13H14F2N4O2. The zero-order chi connectivity index (χ0) is 15.2. The summed E-state index contributed by atoms with van der Waals surface area (Å²) in [7, 11) is 0. The van der Waals surface area contributed by atoms with Gasteiger partial charge in [-0.15, -0.1) is 5.10 Å². The van der Waals surface area contributed by atoms with Crippen LogP contribution in [0.4, 0.5) is 14.5 Å². The van der Waals surface area contributed by atoms with Crippen molar-refractivity contribution in [3.8, 4) is 0 Å². The summed E-state index contributed by atoms with van der Waals surface area (Å²) in [6, 6.07) is 2.81. The minimum absolute atomic E-state index is 0.0478. The van der Waals surface area contributed by atoms with Crippen LogP contribution in [-0.4, -0.2) is 32.6 Å². The number of rotatable bonds is 6. The van der Waals surface area contributed by atoms with E-state index in [-0.39, 0.29) is 18.8 Å². The van der Waals surface area contributed by atoms with Gasteiger partial charge in [-0.1, -0.05) is 5.21 Å². The Morgan fingerprint density at radius 2 is 2.19 bits per heavy atom. The fraction of sp³-hybridized carbons (Fsp3) is 0.308. The summed E-state index contributed by atoms with van der Waals surface area (Å²) in [5.74, 6) is -1.90. The van der Waals surface area contributed by atoms with Crippen LogP contribution in [0, 0.1) is 11.6 Å². The van der Waals surface area contributed by atoms with Gasteiger partial charge in [-0.25, -0.2) is 13.5 Å². The summed E-state index contributed by atoms with van der Waals surface area (Å²) in [6.45, 7) is -0.117. The van der Waals surface area contributed by atoms with E-state index in [1.54, 1.807) is 6.20 Å². The normalized spacial score (nSPS) is 10.6. The molecule has 0 unspecified atom stereocenters. The van der Waals surface area contributed by atoms with E-state index in [9.17, 15) is 13.6 Å². The highest BCUT2D eigenvalue weighted by molar-refractivity contribution is 5.90. The maximum atomic E-state index is 13.4. The number of aromatic nitrogens is 3. The van der Waals surface area contributed by atoms with Gasteiger partial charge in [-0.2, -0.15) is 0 Å². The van der Waals surface area contributed by atoms with E-state index in [0.29, 0.717) is 18.5 Å². The quantitative estimate of drug-likeness (QED) is 0.837. The van der Waals surface area contributed by atoms with Crippen LogP contribution in [0.15, 0.2) is 24.4 Å². The van der Waals surface area contributed by atoms with Crippen LogP contribution < -0.4 is 5.32 Å². The molecule has 1 heterocycles. The minimum Gasteiger partial charge on any atom is -0.396 e. The van der Waals surface area contributed by atoms with Gasteiger partial charge >= 0.3 is 0 Å². The number of benzene rings is 1. The molecule has 21 heavy (non-hydrogen) atoms. The molecule has 0 aliphatic carbocycles. The van der Waals surface area contributed by atoms with E-state index in [1.165, 1.54) is 4.68 Å². The average molecular weight is 296 g/mol. The first-order valence-electron chi connectivity index (χ1n) is 6.33. The number of carbonyl (C=O) groups is 1. The van der Waals surface area contributed by atoms with Crippen molar-refractivity contribution in [2.45, 2.75) is 19.4 Å². The van der Waals surface area contributed by atoms with Crippen molar-refractivity contribution in [3.63, 3.8) is 0 Å². The second-order valence-electron chi connectivity index (χ2n) is 4.41. The van der Waals surface area contributed by atoms with Gasteiger partial charge in [-0.05, 0) is 25.0 Å². The van der Waals surface area contributed by atoms with Crippen molar-refractivity contribution in [1.29, 1.82) is 0 Å². The molecule has 1 amide bonds. The number of aliphatic hydroxyl groups is 1. The Kier molecular flexibility index (Phi) is 4.94. The number of amides is 1. The fourth-order valence-electron chi connectivity index (χ4n) is 1.72. The number of nitrogens with one attached hydrogen (secondary N) is 1. The number of aryl methyl sites for hydroxylation is 1. The second kappa shape index (κ2) is 6.89. The molecule has 6 nitrogen and oxygen atoms in total. The molecule has 2 N–H and O–H groups in total. The van der Waals surface area contributed by atoms with Gasteiger partial charge in [0.2, 0.25) is 5.91 Å². The van der Waals surface area contributed by atoms with Crippen molar-refractivity contribution in [2.75, 3.05) is 11.9 Å². The molecule has 1 aromatic heterocycles. The van der Waals surface area contributed by atoms with E-state index in [2.05, 4.69) is 15.6 Å². The van der Waals surface area contributed by atoms with Gasteiger partial charge < -0.3 is 10.4 Å². The van der Waals surface area contributed by atoms with Crippen LogP contribution >= 0.6 is 0 Å². The maximum absolute atomic E-state index is 13.4. The van der Waals surface area contributed by atoms with Crippen molar-refractivity contribution < 1.29 is 18.7 Å². The Labute approximate surface area is 119 Å². The molecule has 8 heteroatoms. The lowest BCUT2D eigenvalue weighted by Crippen LogP contribution is -2.19. The van der Waals surface area contributed by atoms with E-state index in [4.69, 9.17) is 5.11 Å². The molecule has 2 aromatic rings. The summed E-state index contributed by atoms with van der Waals surface area (Å²) in [5, 5.41) is 18.6. The Morgan fingerprint density at radius 1 is 1.38 bits per heavy atom. The average Bonchev–Trinajstić information content (AvgIpc) is 2.88. The molecule has 112 valence electrons. The summed E-state index contributed by atoms with van der Waals surface area (Å²) >= 11 is 0. The Balaban J connectivity index is 1.95. The predicted molar refractivity (Wildman–Crippen MR) is 70.4 cm³/mol. The Morgan fingerprint density at radius 3 is 2.95 bits per heavy atom. The molecule has 0 saturated carbocycles. The smallest absolute Gasteiger partial charge is 0.246 e. The fourth-order valence-corrected chi connectivity index (χ4v) is 1.72. The third-order valence-electron chi connectivity index (χ3n) is 2.69. The molecule has 0 saturated heterocycles. The second-order valence-corrected chi connectivity index (χ2v) is 4.41. The van der Waals surface area contributed by atoms with Gasteiger partial charge in [0, 0.05) is 18.9 Å². The molecule has 1 aromatic carbocycles. The molecular weight excluding hydrogens is 282 g/mol. The van der Waals surface area contributed by atoms with Crippen LogP contribution in [0.5, 0.6) is 0 Å². The lowest BCUT2D eigenvalue weighted by molar-refractivity contribution is -0.116. The number of nitrogens with zero attached hydrogens (tertiary/aromatic N) is 3. The number of anilines is 1. The number of hydrogen-bond donors (Lipinski definition) is 2. The van der Waals surface area contributed by atoms with Gasteiger partial charge in [0.25, 0.3) is 0 Å². The Hall–Kier alpha value is -2.35. The first-order chi connectivity index (χ1) is 10.1. The first kappa shape index (κ1) is 15.0. The van der Waals surface area contributed by atoms with Crippen LogP contribution in [0.1, 0.15) is 12.1 Å². The molecule has 0 spiro atoms. The molecule has 0 bridgehead atoms. The first-order valence-corrected chi connectivity index (χ1v) is 6.33. The molecule has 0 aliphatic heterocycles. The molecule has 0 aliphatic rings. The van der Waals surface area contributed by atoms with Crippen molar-refractivity contribution in [2.24, 2.45) is 0 Å². The zero-order valence-electron chi connectivity index (χ0n) is 11.1. The Bertz CT molecular complexity index is 630. The van der Waals surface area contributed by atoms with Crippen LogP contribution in [0.25, 0.3) is 0 Å². The maximum Gasteiger partial charge on any atom is 0.246 e. The highest BCUT2D eigenvalue weighted by Crippen LogP contribution is 2.15. The largest absolute Gasteiger partial charge is 0.396 e. The van der Waals surface area contributed by atoms with Crippen molar-refractivity contribution in [1.82, 2.24) is 15.0 Å². The third-order valence-corrected chi connectivity index (χ3v) is 2.69. The summed E-state index contributed by atoms with van der Waals surface area (Å²) in [5.41, 5.74) is 0.425. The summed E-state index contributed by atoms with van der Waals surface area (Å²) in [4.78, 5) is 11.7. The number of carbonyl (C=O) groups excluding carboxylic acids is 1. The van der Waals surface area contributed by atoms with Gasteiger partial charge in [-0.3, -0.25) is 4.79 Å². The number of halogens is 2. The highest BCUT2D eigenvalue weighted by Gasteiger charge is 2.10. The topological polar surface area (TPSA) is 80.0 Å². The van der Waals surface area contributed by atoms with Gasteiger partial charge in [0.1, 0.15) is 18.2 Å². The zero-order valence-corrected chi connectivity index (χ0v) is 11.1. The SMILES string of the molecule is O=C(Cn1cc(CCCO)nn1)Nc1cc(F)ccc1F. The predicted octanol–water partition coefficient (Wildman–Crippen LogP) is 1.12. The number of aliphatic hydroxyl groups excluding tert-OH is 1. The van der Waals surface area contributed by atoms with Gasteiger partial charge in [0.15, 0.2) is 0 Å². The summed E-state index contributed by atoms with van der Waals surface area (Å²) < 4.78 is 27.6. The van der Waals surface area contributed by atoms with Crippen molar-refractivity contribution in [3.05, 3.63) is 41.7 Å². The van der Waals surface area contributed by atoms with E-state index in [0.717, 1.165) is 18.2 Å².